The molecule has 1 saturated heterocycles. The summed E-state index contributed by atoms with van der Waals surface area (Å²) >= 11 is 3.59. The van der Waals surface area contributed by atoms with E-state index in [-0.39, 0.29) is 11.6 Å². The summed E-state index contributed by atoms with van der Waals surface area (Å²) in [6.45, 7) is 4.94. The Balaban J connectivity index is 2.20. The zero-order valence-electron chi connectivity index (χ0n) is 11.2. The van der Waals surface area contributed by atoms with E-state index in [9.17, 15) is 0 Å². The molecule has 6 heteroatoms. The number of halogens is 1. The van der Waals surface area contributed by atoms with Gasteiger partial charge in [-0.3, -0.25) is 16.0 Å². The predicted molar refractivity (Wildman–Crippen MR) is 74.1 cm³/mol. The molecule has 1 aliphatic rings. The molecule has 0 spiro atoms. The number of nitrogens with two attached hydrogens (primary N) is 1. The highest BCUT2D eigenvalue weighted by atomic mass is 79.9. The van der Waals surface area contributed by atoms with Gasteiger partial charge in [-0.15, -0.1) is 0 Å². The van der Waals surface area contributed by atoms with Crippen LogP contribution in [0.4, 0.5) is 0 Å². The van der Waals surface area contributed by atoms with E-state index in [0.717, 1.165) is 41.7 Å². The smallest absolute Gasteiger partial charge is 0.0824 e. The van der Waals surface area contributed by atoms with E-state index in [1.165, 1.54) is 0 Å². The Labute approximate surface area is 116 Å². The maximum atomic E-state index is 5.86. The number of aryl methyl sites for hydroxylation is 2. The van der Waals surface area contributed by atoms with E-state index in [4.69, 9.17) is 10.6 Å². The highest BCUT2D eigenvalue weighted by Gasteiger charge is 2.38. The lowest BCUT2D eigenvalue weighted by molar-refractivity contribution is -0.0119. The van der Waals surface area contributed by atoms with E-state index in [1.54, 1.807) is 0 Å². The molecule has 1 aromatic heterocycles. The topological polar surface area (TPSA) is 65.1 Å². The molecule has 1 fully saturated rings. The number of ether oxygens (including phenoxy) is 1. The van der Waals surface area contributed by atoms with Crippen molar-refractivity contribution in [2.24, 2.45) is 12.9 Å². The average Bonchev–Trinajstić information content (AvgIpc) is 2.85. The van der Waals surface area contributed by atoms with Crippen molar-refractivity contribution in [2.45, 2.75) is 44.8 Å². The van der Waals surface area contributed by atoms with Crippen molar-refractivity contribution in [3.63, 3.8) is 0 Å². The van der Waals surface area contributed by atoms with Gasteiger partial charge in [-0.2, -0.15) is 5.10 Å². The standard InChI is InChI=1S/C12H21BrN4O/c1-8-11(13)9(17(3)16-8)7-10(15-14)12(2)5-4-6-18-12/h10,15H,4-7,14H2,1-3H3. The van der Waals surface area contributed by atoms with Crippen molar-refractivity contribution < 1.29 is 4.74 Å². The van der Waals surface area contributed by atoms with Gasteiger partial charge in [0.2, 0.25) is 0 Å². The lowest BCUT2D eigenvalue weighted by Crippen LogP contribution is -2.52. The minimum atomic E-state index is -0.188. The van der Waals surface area contributed by atoms with Crippen LogP contribution >= 0.6 is 15.9 Å². The summed E-state index contributed by atoms with van der Waals surface area (Å²) in [5.74, 6) is 5.72. The van der Waals surface area contributed by atoms with E-state index in [1.807, 2.05) is 18.7 Å². The quantitative estimate of drug-likeness (QED) is 0.651. The van der Waals surface area contributed by atoms with Gasteiger partial charge < -0.3 is 4.74 Å². The van der Waals surface area contributed by atoms with Gasteiger partial charge in [0.1, 0.15) is 0 Å². The number of nitrogens with one attached hydrogen (secondary N) is 1. The molecule has 1 aromatic rings. The van der Waals surface area contributed by atoms with E-state index in [0.29, 0.717) is 0 Å². The monoisotopic (exact) mass is 316 g/mol. The Morgan fingerprint density at radius 1 is 1.67 bits per heavy atom. The van der Waals surface area contributed by atoms with E-state index in [2.05, 4.69) is 33.4 Å². The maximum absolute atomic E-state index is 5.86. The van der Waals surface area contributed by atoms with Gasteiger partial charge in [-0.05, 0) is 42.6 Å². The van der Waals surface area contributed by atoms with Crippen LogP contribution in [0.2, 0.25) is 0 Å². The van der Waals surface area contributed by atoms with Gasteiger partial charge in [-0.1, -0.05) is 0 Å². The third-order valence-corrected chi connectivity index (χ3v) is 4.88. The van der Waals surface area contributed by atoms with Crippen molar-refractivity contribution in [2.75, 3.05) is 6.61 Å². The first-order chi connectivity index (χ1) is 8.48. The van der Waals surface area contributed by atoms with Crippen molar-refractivity contribution >= 4 is 15.9 Å². The summed E-state index contributed by atoms with van der Waals surface area (Å²) < 4.78 is 8.83. The summed E-state index contributed by atoms with van der Waals surface area (Å²) in [5, 5.41) is 4.41. The molecule has 0 aliphatic carbocycles. The molecule has 0 radical (unpaired) electrons. The Morgan fingerprint density at radius 2 is 2.39 bits per heavy atom. The van der Waals surface area contributed by atoms with Crippen LogP contribution < -0.4 is 11.3 Å². The number of hydrazine groups is 1. The van der Waals surface area contributed by atoms with Gasteiger partial charge in [0.25, 0.3) is 0 Å². The maximum Gasteiger partial charge on any atom is 0.0824 e. The molecule has 2 unspecified atom stereocenters. The van der Waals surface area contributed by atoms with E-state index >= 15 is 0 Å². The Bertz CT molecular complexity index is 426. The number of aromatic nitrogens is 2. The minimum absolute atomic E-state index is 0.0890. The van der Waals surface area contributed by atoms with Crippen LogP contribution in [-0.4, -0.2) is 28.0 Å². The number of hydrogen-bond donors (Lipinski definition) is 2. The molecule has 0 aromatic carbocycles. The molecule has 102 valence electrons. The molecule has 2 atom stereocenters. The molecule has 2 heterocycles. The third-order valence-electron chi connectivity index (χ3n) is 3.85. The van der Waals surface area contributed by atoms with Gasteiger partial charge in [0.05, 0.1) is 27.5 Å². The van der Waals surface area contributed by atoms with Gasteiger partial charge in [-0.25, -0.2) is 0 Å². The molecule has 0 saturated carbocycles. The SMILES string of the molecule is Cc1nn(C)c(CC(NN)C2(C)CCCO2)c1Br. The molecule has 18 heavy (non-hydrogen) atoms. The summed E-state index contributed by atoms with van der Waals surface area (Å²) in [7, 11) is 1.96. The average molecular weight is 317 g/mol. The van der Waals surface area contributed by atoms with Crippen LogP contribution in [0.3, 0.4) is 0 Å². The molecular weight excluding hydrogens is 296 g/mol. The van der Waals surface area contributed by atoms with Crippen molar-refractivity contribution in [1.29, 1.82) is 0 Å². The Kier molecular flexibility index (Phi) is 4.11. The van der Waals surface area contributed by atoms with Crippen LogP contribution in [-0.2, 0) is 18.2 Å². The van der Waals surface area contributed by atoms with Gasteiger partial charge >= 0.3 is 0 Å². The van der Waals surface area contributed by atoms with Crippen molar-refractivity contribution in [1.82, 2.24) is 15.2 Å². The molecule has 0 amide bonds. The lowest BCUT2D eigenvalue weighted by Gasteiger charge is -2.32. The summed E-state index contributed by atoms with van der Waals surface area (Å²) in [5.41, 5.74) is 4.87. The first kappa shape index (κ1) is 14.0. The second kappa shape index (κ2) is 5.28. The Morgan fingerprint density at radius 3 is 2.83 bits per heavy atom. The lowest BCUT2D eigenvalue weighted by atomic mass is 9.90. The zero-order valence-corrected chi connectivity index (χ0v) is 12.7. The summed E-state index contributed by atoms with van der Waals surface area (Å²) in [6, 6.07) is 0.0890. The van der Waals surface area contributed by atoms with Crippen LogP contribution in [0.15, 0.2) is 4.47 Å². The highest BCUT2D eigenvalue weighted by Crippen LogP contribution is 2.31. The summed E-state index contributed by atoms with van der Waals surface area (Å²) in [4.78, 5) is 0. The largest absolute Gasteiger partial charge is 0.374 e. The first-order valence-corrected chi connectivity index (χ1v) is 7.05. The highest BCUT2D eigenvalue weighted by molar-refractivity contribution is 9.10. The van der Waals surface area contributed by atoms with Gasteiger partial charge in [0.15, 0.2) is 0 Å². The second-order valence-corrected chi connectivity index (χ2v) is 5.95. The third kappa shape index (κ3) is 2.47. The molecule has 5 nitrogen and oxygen atoms in total. The molecule has 1 aliphatic heterocycles. The van der Waals surface area contributed by atoms with E-state index < -0.39 is 0 Å². The molecule has 3 N–H and O–H groups in total. The predicted octanol–water partition coefficient (Wildman–Crippen LogP) is 1.43. The van der Waals surface area contributed by atoms with Gasteiger partial charge in [0, 0.05) is 20.1 Å². The van der Waals surface area contributed by atoms with Crippen molar-refractivity contribution in [3.8, 4) is 0 Å². The first-order valence-electron chi connectivity index (χ1n) is 6.26. The number of hydrogen-bond acceptors (Lipinski definition) is 4. The fourth-order valence-corrected chi connectivity index (χ4v) is 3.12. The summed E-state index contributed by atoms with van der Waals surface area (Å²) in [6.07, 6.45) is 2.93. The van der Waals surface area contributed by atoms with Crippen molar-refractivity contribution in [3.05, 3.63) is 15.9 Å². The molecule has 2 rings (SSSR count). The fourth-order valence-electron chi connectivity index (χ4n) is 2.62. The number of nitrogens with zero attached hydrogens (tertiary/aromatic N) is 2. The van der Waals surface area contributed by atoms with Crippen LogP contribution in [0, 0.1) is 6.92 Å². The zero-order chi connectivity index (χ0) is 13.3. The molecule has 0 bridgehead atoms. The number of rotatable bonds is 4. The van der Waals surface area contributed by atoms with Crippen LogP contribution in [0.1, 0.15) is 31.2 Å². The second-order valence-electron chi connectivity index (χ2n) is 5.16. The minimum Gasteiger partial charge on any atom is -0.374 e. The van der Waals surface area contributed by atoms with Crippen LogP contribution in [0.5, 0.6) is 0 Å². The fraction of sp³-hybridized carbons (Fsp3) is 0.750. The molecular formula is C12H21BrN4O. The Hall–Kier alpha value is -0.430. The normalized spacial score (nSPS) is 25.6. The van der Waals surface area contributed by atoms with Crippen LogP contribution in [0.25, 0.3) is 0 Å².